The second-order valence-corrected chi connectivity index (χ2v) is 5.52. The first-order valence-electron chi connectivity index (χ1n) is 6.62. The number of nitrogens with zero attached hydrogens (tertiary/aromatic N) is 1. The van der Waals surface area contributed by atoms with E-state index in [0.717, 1.165) is 25.2 Å². The monoisotopic (exact) mass is 280 g/mol. The van der Waals surface area contributed by atoms with Gasteiger partial charge in [-0.25, -0.2) is 0 Å². The Kier molecular flexibility index (Phi) is 3.73. The molecule has 3 rings (SSSR count). The molecule has 2 saturated heterocycles. The number of halogens is 1. The maximum absolute atomic E-state index is 12.0. The van der Waals surface area contributed by atoms with Crippen molar-refractivity contribution in [3.63, 3.8) is 0 Å². The molecule has 4 nitrogen and oxygen atoms in total. The van der Waals surface area contributed by atoms with Gasteiger partial charge < -0.3 is 15.0 Å². The van der Waals surface area contributed by atoms with Gasteiger partial charge in [-0.05, 0) is 37.2 Å². The maximum Gasteiger partial charge on any atom is 0.253 e. The fraction of sp³-hybridized carbons (Fsp3) is 0.500. The van der Waals surface area contributed by atoms with Gasteiger partial charge in [0.15, 0.2) is 0 Å². The first-order chi connectivity index (χ1) is 9.24. The number of ether oxygens (including phenoxy) is 1. The molecule has 0 bridgehead atoms. The van der Waals surface area contributed by atoms with E-state index in [0.29, 0.717) is 17.5 Å². The molecule has 1 aromatic carbocycles. The summed E-state index contributed by atoms with van der Waals surface area (Å²) in [6, 6.07) is 7.39. The number of rotatable bonds is 2. The van der Waals surface area contributed by atoms with Crippen LogP contribution in [0.1, 0.15) is 6.42 Å². The van der Waals surface area contributed by atoms with Crippen molar-refractivity contribution in [2.24, 2.45) is 5.92 Å². The largest absolute Gasteiger partial charge is 0.366 e. The lowest BCUT2D eigenvalue weighted by atomic mass is 9.99. The zero-order valence-corrected chi connectivity index (χ0v) is 11.4. The molecule has 0 aliphatic carbocycles. The van der Waals surface area contributed by atoms with Crippen LogP contribution >= 0.6 is 11.6 Å². The molecular formula is C14H17ClN2O2. The fourth-order valence-electron chi connectivity index (χ4n) is 2.74. The summed E-state index contributed by atoms with van der Waals surface area (Å²) in [5.74, 6) is 0.521. The van der Waals surface area contributed by atoms with E-state index in [1.807, 2.05) is 29.2 Å². The number of morpholine rings is 1. The molecular weight excluding hydrogens is 264 g/mol. The fourth-order valence-corrected chi connectivity index (χ4v) is 2.87. The van der Waals surface area contributed by atoms with E-state index in [-0.39, 0.29) is 18.6 Å². The van der Waals surface area contributed by atoms with Crippen LogP contribution in [0.5, 0.6) is 0 Å². The number of carbonyl (C=O) groups is 1. The number of anilines is 1. The molecule has 5 heteroatoms. The SMILES string of the molecule is O=C1COC(C2CCNC2)CN1c1ccc(Cl)cc1. The average Bonchev–Trinajstić information content (AvgIpc) is 2.94. The van der Waals surface area contributed by atoms with E-state index >= 15 is 0 Å². The van der Waals surface area contributed by atoms with Crippen LogP contribution in [-0.2, 0) is 9.53 Å². The lowest BCUT2D eigenvalue weighted by molar-refractivity contribution is -0.131. The summed E-state index contributed by atoms with van der Waals surface area (Å²) < 4.78 is 5.69. The zero-order valence-electron chi connectivity index (χ0n) is 10.6. The number of carbonyl (C=O) groups excluding carboxylic acids is 1. The highest BCUT2D eigenvalue weighted by Gasteiger charge is 2.33. The van der Waals surface area contributed by atoms with Crippen LogP contribution in [0.2, 0.25) is 5.02 Å². The number of amides is 1. The van der Waals surface area contributed by atoms with Crippen molar-refractivity contribution in [1.29, 1.82) is 0 Å². The molecule has 19 heavy (non-hydrogen) atoms. The summed E-state index contributed by atoms with van der Waals surface area (Å²) >= 11 is 5.88. The molecule has 0 radical (unpaired) electrons. The van der Waals surface area contributed by atoms with E-state index < -0.39 is 0 Å². The molecule has 2 atom stereocenters. The molecule has 102 valence electrons. The molecule has 1 aromatic rings. The van der Waals surface area contributed by atoms with E-state index in [2.05, 4.69) is 5.32 Å². The second kappa shape index (κ2) is 5.49. The van der Waals surface area contributed by atoms with E-state index in [1.54, 1.807) is 0 Å². The van der Waals surface area contributed by atoms with Crippen LogP contribution in [0.15, 0.2) is 24.3 Å². The van der Waals surface area contributed by atoms with Gasteiger partial charge in [-0.1, -0.05) is 11.6 Å². The van der Waals surface area contributed by atoms with Crippen LogP contribution in [-0.4, -0.2) is 38.3 Å². The summed E-state index contributed by atoms with van der Waals surface area (Å²) in [6.07, 6.45) is 1.25. The van der Waals surface area contributed by atoms with Gasteiger partial charge >= 0.3 is 0 Å². The minimum atomic E-state index is 0.0181. The molecule has 0 spiro atoms. The first kappa shape index (κ1) is 12.9. The molecule has 2 fully saturated rings. The van der Waals surface area contributed by atoms with Crippen molar-refractivity contribution < 1.29 is 9.53 Å². The van der Waals surface area contributed by atoms with E-state index in [9.17, 15) is 4.79 Å². The molecule has 1 N–H and O–H groups in total. The summed E-state index contributed by atoms with van der Waals surface area (Å²) in [5, 5.41) is 4.02. The molecule has 0 aromatic heterocycles. The van der Waals surface area contributed by atoms with Crippen molar-refractivity contribution in [1.82, 2.24) is 5.32 Å². The Morgan fingerprint density at radius 3 is 2.79 bits per heavy atom. The zero-order chi connectivity index (χ0) is 13.2. The third-order valence-corrected chi connectivity index (χ3v) is 4.10. The molecule has 1 amide bonds. The van der Waals surface area contributed by atoms with Gasteiger partial charge in [0.25, 0.3) is 5.91 Å². The van der Waals surface area contributed by atoms with Gasteiger partial charge in [0.2, 0.25) is 0 Å². The van der Waals surface area contributed by atoms with Crippen LogP contribution < -0.4 is 10.2 Å². The third-order valence-electron chi connectivity index (χ3n) is 3.85. The van der Waals surface area contributed by atoms with E-state index in [4.69, 9.17) is 16.3 Å². The van der Waals surface area contributed by atoms with Crippen molar-refractivity contribution in [3.05, 3.63) is 29.3 Å². The van der Waals surface area contributed by atoms with Gasteiger partial charge in [-0.3, -0.25) is 4.79 Å². The topological polar surface area (TPSA) is 41.6 Å². The minimum Gasteiger partial charge on any atom is -0.366 e. The van der Waals surface area contributed by atoms with Crippen LogP contribution in [0.3, 0.4) is 0 Å². The maximum atomic E-state index is 12.0. The van der Waals surface area contributed by atoms with Crippen molar-refractivity contribution in [3.8, 4) is 0 Å². The number of benzene rings is 1. The smallest absolute Gasteiger partial charge is 0.253 e. The molecule has 0 saturated carbocycles. The highest BCUT2D eigenvalue weighted by Crippen LogP contribution is 2.25. The molecule has 2 unspecified atom stereocenters. The Balaban J connectivity index is 1.75. The van der Waals surface area contributed by atoms with Gasteiger partial charge in [0.05, 0.1) is 12.6 Å². The minimum absolute atomic E-state index is 0.0181. The third kappa shape index (κ3) is 2.76. The van der Waals surface area contributed by atoms with E-state index in [1.165, 1.54) is 0 Å². The molecule has 2 aliphatic rings. The van der Waals surface area contributed by atoms with Crippen molar-refractivity contribution in [2.75, 3.05) is 31.1 Å². The van der Waals surface area contributed by atoms with Crippen molar-refractivity contribution in [2.45, 2.75) is 12.5 Å². The Labute approximate surface area is 117 Å². The number of nitrogens with one attached hydrogen (secondary N) is 1. The second-order valence-electron chi connectivity index (χ2n) is 5.08. The normalized spacial score (nSPS) is 27.8. The standard InChI is InChI=1S/C14H17ClN2O2/c15-11-1-3-12(4-2-11)17-8-13(19-9-14(17)18)10-5-6-16-7-10/h1-4,10,13,16H,5-9H2. The lowest BCUT2D eigenvalue weighted by Gasteiger charge is -2.35. The lowest BCUT2D eigenvalue weighted by Crippen LogP contribution is -2.49. The summed E-state index contributed by atoms with van der Waals surface area (Å²) in [6.45, 7) is 2.82. The molecule has 2 heterocycles. The number of hydrogen-bond donors (Lipinski definition) is 1. The van der Waals surface area contributed by atoms with Crippen LogP contribution in [0.25, 0.3) is 0 Å². The predicted molar refractivity (Wildman–Crippen MR) is 74.5 cm³/mol. The van der Waals surface area contributed by atoms with Gasteiger partial charge in [0.1, 0.15) is 6.61 Å². The summed E-state index contributed by atoms with van der Waals surface area (Å²) in [5.41, 5.74) is 0.897. The summed E-state index contributed by atoms with van der Waals surface area (Å²) in [4.78, 5) is 13.8. The predicted octanol–water partition coefficient (Wildman–Crippen LogP) is 1.68. The van der Waals surface area contributed by atoms with Gasteiger partial charge in [0, 0.05) is 23.2 Å². The Bertz CT molecular complexity index is 457. The van der Waals surface area contributed by atoms with Gasteiger partial charge in [-0.2, -0.15) is 0 Å². The first-order valence-corrected chi connectivity index (χ1v) is 7.00. The van der Waals surface area contributed by atoms with Gasteiger partial charge in [-0.15, -0.1) is 0 Å². The Morgan fingerprint density at radius 2 is 2.11 bits per heavy atom. The Hall–Kier alpha value is -1.10. The summed E-state index contributed by atoms with van der Waals surface area (Å²) in [7, 11) is 0. The van der Waals surface area contributed by atoms with Crippen LogP contribution in [0.4, 0.5) is 5.69 Å². The van der Waals surface area contributed by atoms with Crippen molar-refractivity contribution >= 4 is 23.2 Å². The quantitative estimate of drug-likeness (QED) is 0.896. The highest BCUT2D eigenvalue weighted by atomic mass is 35.5. The van der Waals surface area contributed by atoms with Crippen LogP contribution in [0, 0.1) is 5.92 Å². The number of hydrogen-bond acceptors (Lipinski definition) is 3. The highest BCUT2D eigenvalue weighted by molar-refractivity contribution is 6.30. The average molecular weight is 281 g/mol. The Morgan fingerprint density at radius 1 is 1.32 bits per heavy atom. The molecule has 2 aliphatic heterocycles.